The summed E-state index contributed by atoms with van der Waals surface area (Å²) in [5.41, 5.74) is 0.604. The predicted molar refractivity (Wildman–Crippen MR) is 61.6 cm³/mol. The Morgan fingerprint density at radius 1 is 1.62 bits per heavy atom. The van der Waals surface area contributed by atoms with Gasteiger partial charge in [0.1, 0.15) is 5.82 Å². The highest BCUT2D eigenvalue weighted by Crippen LogP contribution is 2.49. The molecule has 0 aliphatic heterocycles. The zero-order valence-electron chi connectivity index (χ0n) is 8.87. The topological polar surface area (TPSA) is 26.3 Å². The van der Waals surface area contributed by atoms with E-state index in [-0.39, 0.29) is 23.6 Å². The highest BCUT2D eigenvalue weighted by atomic mass is 79.9. The van der Waals surface area contributed by atoms with E-state index >= 15 is 0 Å². The number of hydrogen-bond acceptors (Lipinski definition) is 2. The number of rotatable bonds is 3. The minimum atomic E-state index is -0.265. The van der Waals surface area contributed by atoms with E-state index < -0.39 is 0 Å². The van der Waals surface area contributed by atoms with E-state index in [9.17, 15) is 9.18 Å². The van der Waals surface area contributed by atoms with E-state index in [0.29, 0.717) is 23.1 Å². The van der Waals surface area contributed by atoms with Gasteiger partial charge in [-0.2, -0.15) is 0 Å². The van der Waals surface area contributed by atoms with Crippen molar-refractivity contribution in [2.75, 3.05) is 6.61 Å². The first-order valence-electron chi connectivity index (χ1n) is 5.25. The second-order valence-corrected chi connectivity index (χ2v) is 4.70. The van der Waals surface area contributed by atoms with Crippen molar-refractivity contribution in [2.24, 2.45) is 5.92 Å². The van der Waals surface area contributed by atoms with E-state index in [1.807, 2.05) is 0 Å². The summed E-state index contributed by atoms with van der Waals surface area (Å²) in [6.07, 6.45) is 0.687. The summed E-state index contributed by atoms with van der Waals surface area (Å²) in [4.78, 5) is 11.4. The Kier molecular flexibility index (Phi) is 3.28. The molecular weight excluding hydrogens is 275 g/mol. The van der Waals surface area contributed by atoms with Crippen LogP contribution in [0, 0.1) is 11.7 Å². The lowest BCUT2D eigenvalue weighted by Gasteiger charge is -2.04. The van der Waals surface area contributed by atoms with Crippen molar-refractivity contribution in [3.05, 3.63) is 34.1 Å². The number of ether oxygens (including phenoxy) is 1. The van der Waals surface area contributed by atoms with Crippen LogP contribution in [0.25, 0.3) is 0 Å². The summed E-state index contributed by atoms with van der Waals surface area (Å²) in [5, 5.41) is 0. The molecule has 0 spiro atoms. The minimum absolute atomic E-state index is 0.0171. The molecule has 0 heterocycles. The van der Waals surface area contributed by atoms with Gasteiger partial charge >= 0.3 is 5.97 Å². The summed E-state index contributed by atoms with van der Waals surface area (Å²) < 4.78 is 19.1. The van der Waals surface area contributed by atoms with E-state index in [4.69, 9.17) is 4.74 Å². The molecule has 2 atom stereocenters. The smallest absolute Gasteiger partial charge is 0.309 e. The third-order valence-corrected chi connectivity index (χ3v) is 3.37. The van der Waals surface area contributed by atoms with Gasteiger partial charge in [0.25, 0.3) is 0 Å². The van der Waals surface area contributed by atoms with Gasteiger partial charge in [-0.05, 0) is 40.9 Å². The van der Waals surface area contributed by atoms with Crippen LogP contribution in [0.4, 0.5) is 4.39 Å². The third kappa shape index (κ3) is 2.12. The summed E-state index contributed by atoms with van der Waals surface area (Å²) in [6.45, 7) is 2.15. The second-order valence-electron chi connectivity index (χ2n) is 3.84. The normalized spacial score (nSPS) is 22.9. The molecule has 0 bridgehead atoms. The van der Waals surface area contributed by atoms with Crippen molar-refractivity contribution in [1.29, 1.82) is 0 Å². The van der Waals surface area contributed by atoms with Crippen molar-refractivity contribution in [3.63, 3.8) is 0 Å². The number of benzene rings is 1. The Balaban J connectivity index is 2.11. The van der Waals surface area contributed by atoms with Crippen molar-refractivity contribution in [1.82, 2.24) is 0 Å². The third-order valence-electron chi connectivity index (χ3n) is 2.76. The van der Waals surface area contributed by atoms with Crippen molar-refractivity contribution < 1.29 is 13.9 Å². The first kappa shape index (κ1) is 11.6. The van der Waals surface area contributed by atoms with Crippen LogP contribution >= 0.6 is 15.9 Å². The standard InChI is InChI=1S/C12H12BrFO2/c1-2-16-12(15)9-6-8(9)7-4-3-5-10(13)11(7)14/h3-5,8-9H,2,6H2,1H3/t8-,9+/m0/s1. The van der Waals surface area contributed by atoms with Crippen molar-refractivity contribution >= 4 is 21.9 Å². The predicted octanol–water partition coefficient (Wildman–Crippen LogP) is 3.25. The van der Waals surface area contributed by atoms with Gasteiger partial charge in [0, 0.05) is 5.92 Å². The maximum absolute atomic E-state index is 13.7. The molecule has 2 nitrogen and oxygen atoms in total. The van der Waals surface area contributed by atoms with Gasteiger partial charge in [0.2, 0.25) is 0 Å². The van der Waals surface area contributed by atoms with Gasteiger partial charge in [0.05, 0.1) is 17.0 Å². The molecule has 86 valence electrons. The van der Waals surface area contributed by atoms with Crippen LogP contribution in [0.5, 0.6) is 0 Å². The fraction of sp³-hybridized carbons (Fsp3) is 0.417. The number of esters is 1. The summed E-state index contributed by atoms with van der Waals surface area (Å²) in [7, 11) is 0. The van der Waals surface area contributed by atoms with Crippen LogP contribution in [-0.2, 0) is 9.53 Å². The Labute approximate surface area is 102 Å². The van der Waals surface area contributed by atoms with Crippen LogP contribution in [0.2, 0.25) is 0 Å². The molecule has 1 aliphatic carbocycles. The van der Waals surface area contributed by atoms with Crippen LogP contribution in [0.15, 0.2) is 22.7 Å². The van der Waals surface area contributed by atoms with E-state index in [1.165, 1.54) is 0 Å². The van der Waals surface area contributed by atoms with Crippen molar-refractivity contribution in [2.45, 2.75) is 19.3 Å². The maximum Gasteiger partial charge on any atom is 0.309 e. The zero-order chi connectivity index (χ0) is 11.7. The lowest BCUT2D eigenvalue weighted by atomic mass is 10.1. The molecule has 0 N–H and O–H groups in total. The molecule has 0 unspecified atom stereocenters. The molecule has 16 heavy (non-hydrogen) atoms. The average molecular weight is 287 g/mol. The average Bonchev–Trinajstić information content (AvgIpc) is 3.02. The van der Waals surface area contributed by atoms with Crippen LogP contribution in [-0.4, -0.2) is 12.6 Å². The minimum Gasteiger partial charge on any atom is -0.466 e. The number of halogens is 2. The molecule has 0 aromatic heterocycles. The molecule has 0 saturated heterocycles. The largest absolute Gasteiger partial charge is 0.466 e. The quantitative estimate of drug-likeness (QED) is 0.798. The fourth-order valence-corrected chi connectivity index (χ4v) is 2.24. The summed E-state index contributed by atoms with van der Waals surface area (Å²) >= 11 is 3.14. The maximum atomic E-state index is 13.7. The van der Waals surface area contributed by atoms with Gasteiger partial charge in [-0.15, -0.1) is 0 Å². The van der Waals surface area contributed by atoms with Gasteiger partial charge in [-0.3, -0.25) is 4.79 Å². The highest BCUT2D eigenvalue weighted by molar-refractivity contribution is 9.10. The molecule has 0 amide bonds. The van der Waals surface area contributed by atoms with Gasteiger partial charge in [0.15, 0.2) is 0 Å². The Hall–Kier alpha value is -0.900. The van der Waals surface area contributed by atoms with Gasteiger partial charge in [-0.1, -0.05) is 12.1 Å². The SMILES string of the molecule is CCOC(=O)[C@@H]1C[C@H]1c1cccc(Br)c1F. The number of hydrogen-bond donors (Lipinski definition) is 0. The number of carbonyl (C=O) groups is 1. The van der Waals surface area contributed by atoms with Gasteiger partial charge in [-0.25, -0.2) is 4.39 Å². The molecular formula is C12H12BrFO2. The molecule has 1 aromatic carbocycles. The zero-order valence-corrected chi connectivity index (χ0v) is 10.5. The molecule has 1 aliphatic rings. The molecule has 0 radical (unpaired) electrons. The Bertz CT molecular complexity index is 419. The summed E-state index contributed by atoms with van der Waals surface area (Å²) in [6, 6.07) is 5.16. The molecule has 4 heteroatoms. The lowest BCUT2D eigenvalue weighted by molar-refractivity contribution is -0.144. The van der Waals surface area contributed by atoms with Crippen molar-refractivity contribution in [3.8, 4) is 0 Å². The molecule has 1 fully saturated rings. The van der Waals surface area contributed by atoms with E-state index in [0.717, 1.165) is 0 Å². The van der Waals surface area contributed by atoms with Crippen LogP contribution in [0.1, 0.15) is 24.8 Å². The first-order valence-corrected chi connectivity index (χ1v) is 6.05. The van der Waals surface area contributed by atoms with E-state index in [1.54, 1.807) is 25.1 Å². The Morgan fingerprint density at radius 2 is 2.38 bits per heavy atom. The first-order chi connectivity index (χ1) is 7.65. The van der Waals surface area contributed by atoms with Crippen LogP contribution in [0.3, 0.4) is 0 Å². The van der Waals surface area contributed by atoms with Gasteiger partial charge < -0.3 is 4.74 Å². The molecule has 1 aromatic rings. The summed E-state index contributed by atoms with van der Waals surface area (Å²) in [5.74, 6) is -0.661. The fourth-order valence-electron chi connectivity index (χ4n) is 1.86. The highest BCUT2D eigenvalue weighted by Gasteiger charge is 2.46. The van der Waals surface area contributed by atoms with E-state index in [2.05, 4.69) is 15.9 Å². The lowest BCUT2D eigenvalue weighted by Crippen LogP contribution is -2.07. The molecule has 2 rings (SSSR count). The monoisotopic (exact) mass is 286 g/mol. The second kappa shape index (κ2) is 4.53. The number of carbonyl (C=O) groups excluding carboxylic acids is 1. The van der Waals surface area contributed by atoms with Crippen LogP contribution < -0.4 is 0 Å². The molecule has 1 saturated carbocycles. The Morgan fingerprint density at radius 3 is 3.06 bits per heavy atom.